The zero-order chi connectivity index (χ0) is 26.9. The molecular weight excluding hydrogens is 504 g/mol. The molecule has 0 amide bonds. The molecule has 4 nitrogen and oxygen atoms in total. The third kappa shape index (κ3) is 3.38. The van der Waals surface area contributed by atoms with E-state index >= 15 is 0 Å². The fourth-order valence-electron chi connectivity index (χ4n) is 6.05. The smallest absolute Gasteiger partial charge is 0.147 e. The molecule has 0 aliphatic rings. The van der Waals surface area contributed by atoms with Gasteiger partial charge in [-0.3, -0.25) is 0 Å². The third-order valence-electron chi connectivity index (χ3n) is 8.04. The van der Waals surface area contributed by atoms with Crippen LogP contribution in [0.4, 0.5) is 0 Å². The highest BCUT2D eigenvalue weighted by atomic mass is 16.3. The van der Waals surface area contributed by atoms with Crippen LogP contribution < -0.4 is 0 Å². The van der Waals surface area contributed by atoms with Crippen LogP contribution in [0.2, 0.25) is 0 Å². The molecular formula is C37H22N2O2. The van der Waals surface area contributed by atoms with Crippen molar-refractivity contribution in [2.75, 3.05) is 0 Å². The molecule has 0 spiro atoms. The molecule has 0 saturated heterocycles. The van der Waals surface area contributed by atoms with E-state index in [1.165, 1.54) is 0 Å². The summed E-state index contributed by atoms with van der Waals surface area (Å²) in [7, 11) is 0. The van der Waals surface area contributed by atoms with E-state index < -0.39 is 0 Å². The van der Waals surface area contributed by atoms with Crippen LogP contribution in [0, 0.1) is 0 Å². The number of nitrogens with zero attached hydrogens (tertiary/aromatic N) is 2. The predicted molar refractivity (Wildman–Crippen MR) is 166 cm³/mol. The Labute approximate surface area is 234 Å². The second-order valence-corrected chi connectivity index (χ2v) is 10.5. The highest BCUT2D eigenvalue weighted by molar-refractivity contribution is 6.25. The summed E-state index contributed by atoms with van der Waals surface area (Å²) in [6.07, 6.45) is 4.10. The molecule has 192 valence electrons. The van der Waals surface area contributed by atoms with E-state index in [0.717, 1.165) is 83.0 Å². The van der Waals surface area contributed by atoms with Crippen LogP contribution in [-0.4, -0.2) is 9.38 Å². The van der Waals surface area contributed by atoms with E-state index in [4.69, 9.17) is 13.8 Å². The number of imidazole rings is 1. The Hall–Kier alpha value is -5.61. The van der Waals surface area contributed by atoms with Crippen molar-refractivity contribution in [3.8, 4) is 33.5 Å². The van der Waals surface area contributed by atoms with Gasteiger partial charge in [0.1, 0.15) is 28.0 Å². The Morgan fingerprint density at radius 2 is 1.22 bits per heavy atom. The number of furan rings is 2. The molecule has 9 rings (SSSR count). The molecule has 4 heterocycles. The maximum absolute atomic E-state index is 6.48. The first kappa shape index (κ1) is 22.2. The van der Waals surface area contributed by atoms with Gasteiger partial charge in [0.05, 0.1) is 11.1 Å². The van der Waals surface area contributed by atoms with Crippen LogP contribution in [-0.2, 0) is 0 Å². The van der Waals surface area contributed by atoms with E-state index in [0.29, 0.717) is 0 Å². The molecule has 0 fully saturated rings. The maximum Gasteiger partial charge on any atom is 0.147 e. The molecule has 4 heteroatoms. The van der Waals surface area contributed by atoms with Gasteiger partial charge in [-0.2, -0.15) is 0 Å². The van der Waals surface area contributed by atoms with Crippen molar-refractivity contribution in [3.05, 3.63) is 134 Å². The highest BCUT2D eigenvalue weighted by Gasteiger charge is 2.20. The lowest BCUT2D eigenvalue weighted by Crippen LogP contribution is -1.84. The molecule has 5 aromatic carbocycles. The molecule has 0 saturated carbocycles. The second-order valence-electron chi connectivity index (χ2n) is 10.5. The summed E-state index contributed by atoms with van der Waals surface area (Å²) in [5.41, 5.74) is 10.9. The number of aromatic nitrogens is 2. The first-order valence-electron chi connectivity index (χ1n) is 13.7. The number of para-hydroxylation sites is 2. The zero-order valence-electron chi connectivity index (χ0n) is 21.9. The lowest BCUT2D eigenvalue weighted by atomic mass is 9.96. The van der Waals surface area contributed by atoms with Crippen LogP contribution in [0.1, 0.15) is 0 Å². The van der Waals surface area contributed by atoms with E-state index in [1.54, 1.807) is 0 Å². The first-order chi connectivity index (χ1) is 20.3. The van der Waals surface area contributed by atoms with Crippen LogP contribution in [0.15, 0.2) is 143 Å². The SMILES string of the molecule is c1cc(-c2ccc(-c3cc4c5ccccc5oc4c4c3oc3ccccc34)cc2)cc(-c2cn3ccccc3n2)c1. The lowest BCUT2D eigenvalue weighted by molar-refractivity contribution is 0.663. The Morgan fingerprint density at radius 3 is 2.07 bits per heavy atom. The molecule has 4 aromatic heterocycles. The van der Waals surface area contributed by atoms with Crippen LogP contribution >= 0.6 is 0 Å². The minimum Gasteiger partial charge on any atom is -0.455 e. The summed E-state index contributed by atoms with van der Waals surface area (Å²) in [6.45, 7) is 0. The van der Waals surface area contributed by atoms with Crippen molar-refractivity contribution >= 4 is 49.5 Å². The average molecular weight is 527 g/mol. The van der Waals surface area contributed by atoms with Gasteiger partial charge in [0.15, 0.2) is 0 Å². The van der Waals surface area contributed by atoms with Gasteiger partial charge < -0.3 is 13.2 Å². The van der Waals surface area contributed by atoms with Gasteiger partial charge in [0.2, 0.25) is 0 Å². The first-order valence-corrected chi connectivity index (χ1v) is 13.7. The molecule has 0 unspecified atom stereocenters. The summed E-state index contributed by atoms with van der Waals surface area (Å²) in [5.74, 6) is 0. The van der Waals surface area contributed by atoms with Gasteiger partial charge in [-0.05, 0) is 53.1 Å². The monoisotopic (exact) mass is 526 g/mol. The van der Waals surface area contributed by atoms with Crippen molar-refractivity contribution in [3.63, 3.8) is 0 Å². The van der Waals surface area contributed by atoms with Crippen molar-refractivity contribution in [2.24, 2.45) is 0 Å². The van der Waals surface area contributed by atoms with Crippen molar-refractivity contribution < 1.29 is 8.83 Å². The lowest BCUT2D eigenvalue weighted by Gasteiger charge is -2.08. The molecule has 41 heavy (non-hydrogen) atoms. The van der Waals surface area contributed by atoms with Crippen molar-refractivity contribution in [2.45, 2.75) is 0 Å². The number of hydrogen-bond acceptors (Lipinski definition) is 3. The van der Waals surface area contributed by atoms with Crippen molar-refractivity contribution in [1.82, 2.24) is 9.38 Å². The Kier molecular flexibility index (Phi) is 4.58. The fraction of sp³-hybridized carbons (Fsp3) is 0. The van der Waals surface area contributed by atoms with Crippen LogP contribution in [0.5, 0.6) is 0 Å². The van der Waals surface area contributed by atoms with E-state index in [2.05, 4.69) is 83.4 Å². The molecule has 0 radical (unpaired) electrons. The van der Waals surface area contributed by atoms with Gasteiger partial charge in [-0.25, -0.2) is 4.98 Å². The van der Waals surface area contributed by atoms with Crippen LogP contribution in [0.3, 0.4) is 0 Å². The number of fused-ring (bicyclic) bond motifs is 8. The number of rotatable bonds is 3. The zero-order valence-corrected chi connectivity index (χ0v) is 21.9. The van der Waals surface area contributed by atoms with Crippen molar-refractivity contribution in [1.29, 1.82) is 0 Å². The average Bonchev–Trinajstić information content (AvgIpc) is 3.74. The largest absolute Gasteiger partial charge is 0.455 e. The summed E-state index contributed by atoms with van der Waals surface area (Å²) >= 11 is 0. The molecule has 0 aliphatic heterocycles. The quantitative estimate of drug-likeness (QED) is 0.230. The minimum absolute atomic E-state index is 0.847. The molecule has 0 atom stereocenters. The fourth-order valence-corrected chi connectivity index (χ4v) is 6.05. The standard InChI is InChI=1S/C37H22N2O2/c1-3-12-32-27(10-1)30-21-29(36-35(37(30)40-32)28-11-2-4-13-33(28)41-36)24-17-15-23(16-18-24)25-8-7-9-26(20-25)31-22-39-19-6-5-14-34(39)38-31/h1-22H. The summed E-state index contributed by atoms with van der Waals surface area (Å²) < 4.78 is 14.9. The second kappa shape index (κ2) is 8.44. The van der Waals surface area contributed by atoms with E-state index in [-0.39, 0.29) is 0 Å². The van der Waals surface area contributed by atoms with Gasteiger partial charge >= 0.3 is 0 Å². The summed E-state index contributed by atoms with van der Waals surface area (Å²) in [6, 6.07) is 42.0. The topological polar surface area (TPSA) is 43.6 Å². The minimum atomic E-state index is 0.847. The predicted octanol–water partition coefficient (Wildman–Crippen LogP) is 10.1. The molecule has 0 bridgehead atoms. The third-order valence-corrected chi connectivity index (χ3v) is 8.04. The maximum atomic E-state index is 6.48. The summed E-state index contributed by atoms with van der Waals surface area (Å²) in [5, 5.41) is 4.29. The van der Waals surface area contributed by atoms with Gasteiger partial charge in [-0.1, -0.05) is 84.9 Å². The van der Waals surface area contributed by atoms with Gasteiger partial charge in [0.25, 0.3) is 0 Å². The number of benzene rings is 5. The number of hydrogen-bond donors (Lipinski definition) is 0. The molecule has 9 aromatic rings. The molecule has 0 aliphatic carbocycles. The highest BCUT2D eigenvalue weighted by Crippen LogP contribution is 2.44. The van der Waals surface area contributed by atoms with E-state index in [1.807, 2.05) is 54.7 Å². The van der Waals surface area contributed by atoms with E-state index in [9.17, 15) is 0 Å². The Balaban J connectivity index is 1.19. The molecule has 0 N–H and O–H groups in total. The van der Waals surface area contributed by atoms with Gasteiger partial charge in [0, 0.05) is 39.7 Å². The summed E-state index contributed by atoms with van der Waals surface area (Å²) in [4.78, 5) is 4.81. The Bertz CT molecular complexity index is 2390. The normalized spacial score (nSPS) is 11.9. The van der Waals surface area contributed by atoms with Gasteiger partial charge in [-0.15, -0.1) is 0 Å². The number of pyridine rings is 1. The Morgan fingerprint density at radius 1 is 0.512 bits per heavy atom. The van der Waals surface area contributed by atoms with Crippen LogP contribution in [0.25, 0.3) is 83.0 Å².